The van der Waals surface area contributed by atoms with E-state index in [-0.39, 0.29) is 11.3 Å². The molecule has 0 saturated heterocycles. The number of ether oxygens (including phenoxy) is 1. The summed E-state index contributed by atoms with van der Waals surface area (Å²) in [6, 6.07) is 5.42. The van der Waals surface area contributed by atoms with E-state index >= 15 is 0 Å². The molecule has 2 rings (SSSR count). The van der Waals surface area contributed by atoms with Gasteiger partial charge in [0.25, 0.3) is 15.7 Å². The highest BCUT2D eigenvalue weighted by Crippen LogP contribution is 2.28. The number of nitrogens with zero attached hydrogens (tertiary/aromatic N) is 2. The quantitative estimate of drug-likeness (QED) is 0.419. The molecule has 0 spiro atoms. The Morgan fingerprint density at radius 3 is 2.41 bits per heavy atom. The molecule has 2 aromatic rings. The van der Waals surface area contributed by atoms with Gasteiger partial charge in [-0.1, -0.05) is 6.07 Å². The van der Waals surface area contributed by atoms with Crippen molar-refractivity contribution in [3.8, 4) is 0 Å². The van der Waals surface area contributed by atoms with Crippen molar-refractivity contribution in [3.63, 3.8) is 0 Å². The number of nitro benzene ring substituents is 1. The van der Waals surface area contributed by atoms with Crippen LogP contribution >= 0.6 is 0 Å². The number of anilines is 1. The molecule has 0 bridgehead atoms. The Hall–Kier alpha value is -3.08. The van der Waals surface area contributed by atoms with Crippen LogP contribution in [0.4, 0.5) is 20.2 Å². The molecule has 0 aliphatic heterocycles. The molecule has 8 nitrogen and oxygen atoms in total. The van der Waals surface area contributed by atoms with Crippen LogP contribution in [-0.4, -0.2) is 33.0 Å². The minimum atomic E-state index is -4.52. The fourth-order valence-corrected chi connectivity index (χ4v) is 3.63. The SMILES string of the molecule is COC(=O)CN(c1ccc(F)c(F)c1)S(=O)(=O)c1ccc(C)c([N+](=O)[O-])c1. The number of hydrogen-bond donors (Lipinski definition) is 0. The normalized spacial score (nSPS) is 11.1. The second-order valence-corrected chi connectivity index (χ2v) is 7.25. The molecule has 0 atom stereocenters. The van der Waals surface area contributed by atoms with Crippen LogP contribution in [0.2, 0.25) is 0 Å². The molecule has 144 valence electrons. The first-order valence-electron chi connectivity index (χ1n) is 7.37. The van der Waals surface area contributed by atoms with Crippen LogP contribution in [0.3, 0.4) is 0 Å². The molecule has 0 aliphatic carbocycles. The van der Waals surface area contributed by atoms with E-state index < -0.39 is 49.7 Å². The molecule has 0 amide bonds. The van der Waals surface area contributed by atoms with Gasteiger partial charge in [-0.15, -0.1) is 0 Å². The Morgan fingerprint density at radius 2 is 1.85 bits per heavy atom. The van der Waals surface area contributed by atoms with E-state index in [2.05, 4.69) is 4.74 Å². The van der Waals surface area contributed by atoms with Crippen molar-refractivity contribution in [1.29, 1.82) is 0 Å². The number of esters is 1. The number of halogens is 2. The van der Waals surface area contributed by atoms with Crippen molar-refractivity contribution in [3.05, 3.63) is 63.7 Å². The zero-order chi connectivity index (χ0) is 20.4. The van der Waals surface area contributed by atoms with Gasteiger partial charge < -0.3 is 4.74 Å². The Balaban J connectivity index is 2.63. The van der Waals surface area contributed by atoms with Crippen molar-refractivity contribution >= 4 is 27.4 Å². The van der Waals surface area contributed by atoms with Gasteiger partial charge in [0, 0.05) is 17.7 Å². The molecule has 0 fully saturated rings. The van der Waals surface area contributed by atoms with E-state index in [9.17, 15) is 32.1 Å². The molecule has 0 aromatic heterocycles. The Morgan fingerprint density at radius 1 is 1.19 bits per heavy atom. The Bertz CT molecular complexity index is 1010. The maximum Gasteiger partial charge on any atom is 0.326 e. The van der Waals surface area contributed by atoms with Crippen LogP contribution in [0.1, 0.15) is 5.56 Å². The first kappa shape index (κ1) is 20.2. The lowest BCUT2D eigenvalue weighted by Gasteiger charge is -2.23. The number of methoxy groups -OCH3 is 1. The van der Waals surface area contributed by atoms with E-state index in [1.165, 1.54) is 13.0 Å². The molecular formula is C16H14F2N2O6S. The predicted molar refractivity (Wildman–Crippen MR) is 90.7 cm³/mol. The van der Waals surface area contributed by atoms with Gasteiger partial charge in [-0.05, 0) is 25.1 Å². The highest BCUT2D eigenvalue weighted by molar-refractivity contribution is 7.92. The predicted octanol–water partition coefficient (Wildman–Crippen LogP) is 2.55. The lowest BCUT2D eigenvalue weighted by Crippen LogP contribution is -2.36. The molecular weight excluding hydrogens is 386 g/mol. The monoisotopic (exact) mass is 400 g/mol. The Kier molecular flexibility index (Phi) is 5.74. The second-order valence-electron chi connectivity index (χ2n) is 5.39. The van der Waals surface area contributed by atoms with Gasteiger partial charge in [0.2, 0.25) is 0 Å². The minimum absolute atomic E-state index is 0.228. The maximum atomic E-state index is 13.6. The topological polar surface area (TPSA) is 107 Å². The third kappa shape index (κ3) is 4.19. The molecule has 0 aliphatic rings. The van der Waals surface area contributed by atoms with Gasteiger partial charge in [0.1, 0.15) is 6.54 Å². The zero-order valence-corrected chi connectivity index (χ0v) is 15.0. The lowest BCUT2D eigenvalue weighted by atomic mass is 10.2. The van der Waals surface area contributed by atoms with Gasteiger partial charge >= 0.3 is 5.97 Å². The van der Waals surface area contributed by atoms with Gasteiger partial charge in [0.15, 0.2) is 11.6 Å². The van der Waals surface area contributed by atoms with Gasteiger partial charge in [-0.25, -0.2) is 17.2 Å². The van der Waals surface area contributed by atoms with Crippen LogP contribution in [-0.2, 0) is 19.6 Å². The highest BCUT2D eigenvalue weighted by Gasteiger charge is 2.30. The van der Waals surface area contributed by atoms with Crippen molar-refractivity contribution in [2.24, 2.45) is 0 Å². The van der Waals surface area contributed by atoms with Crippen molar-refractivity contribution < 1.29 is 31.7 Å². The third-order valence-corrected chi connectivity index (χ3v) is 5.43. The van der Waals surface area contributed by atoms with Crippen LogP contribution in [0.25, 0.3) is 0 Å². The average molecular weight is 400 g/mol. The summed E-state index contributed by atoms with van der Waals surface area (Å²) in [5, 5.41) is 11.1. The molecule has 11 heteroatoms. The van der Waals surface area contributed by atoms with Gasteiger partial charge in [-0.2, -0.15) is 0 Å². The number of hydrogen-bond acceptors (Lipinski definition) is 6. The number of carbonyl (C=O) groups excluding carboxylic acids is 1. The summed E-state index contributed by atoms with van der Waals surface area (Å²) in [5.74, 6) is -3.50. The number of benzene rings is 2. The average Bonchev–Trinajstić information content (AvgIpc) is 2.61. The molecule has 0 unspecified atom stereocenters. The summed E-state index contributed by atoms with van der Waals surface area (Å²) in [5.41, 5.74) is -0.562. The van der Waals surface area contributed by atoms with Crippen molar-refractivity contribution in [2.45, 2.75) is 11.8 Å². The molecule has 2 aromatic carbocycles. The van der Waals surface area contributed by atoms with E-state index in [4.69, 9.17) is 0 Å². The first-order chi connectivity index (χ1) is 12.6. The third-order valence-electron chi connectivity index (χ3n) is 3.66. The maximum absolute atomic E-state index is 13.6. The molecule has 0 N–H and O–H groups in total. The number of sulfonamides is 1. The van der Waals surface area contributed by atoms with Gasteiger partial charge in [0.05, 0.1) is 22.6 Å². The van der Waals surface area contributed by atoms with E-state index in [1.54, 1.807) is 0 Å². The van der Waals surface area contributed by atoms with Crippen LogP contribution in [0.5, 0.6) is 0 Å². The second kappa shape index (κ2) is 7.66. The lowest BCUT2D eigenvalue weighted by molar-refractivity contribution is -0.385. The van der Waals surface area contributed by atoms with Crippen LogP contribution in [0.15, 0.2) is 41.3 Å². The van der Waals surface area contributed by atoms with Crippen LogP contribution in [0, 0.1) is 28.7 Å². The summed E-state index contributed by atoms with van der Waals surface area (Å²) in [4.78, 5) is 21.5. The fourth-order valence-electron chi connectivity index (χ4n) is 2.21. The Labute approximate surface area is 153 Å². The van der Waals surface area contributed by atoms with Gasteiger partial charge in [-0.3, -0.25) is 19.2 Å². The van der Waals surface area contributed by atoms with E-state index in [1.807, 2.05) is 0 Å². The van der Waals surface area contributed by atoms with E-state index in [0.29, 0.717) is 16.4 Å². The highest BCUT2D eigenvalue weighted by atomic mass is 32.2. The largest absolute Gasteiger partial charge is 0.468 e. The first-order valence-corrected chi connectivity index (χ1v) is 8.81. The fraction of sp³-hybridized carbons (Fsp3) is 0.188. The summed E-state index contributed by atoms with van der Waals surface area (Å²) in [6.45, 7) is 0.585. The molecule has 0 radical (unpaired) electrons. The number of rotatable bonds is 6. The molecule has 0 saturated carbocycles. The standard InChI is InChI=1S/C16H14F2N2O6S/c1-10-3-5-12(8-15(10)20(22)23)27(24,25)19(9-16(21)26-2)11-4-6-13(17)14(18)7-11/h3-8H,9H2,1-2H3. The number of carbonyl (C=O) groups is 1. The van der Waals surface area contributed by atoms with E-state index in [0.717, 1.165) is 25.3 Å². The van der Waals surface area contributed by atoms with Crippen molar-refractivity contribution in [2.75, 3.05) is 18.0 Å². The summed E-state index contributed by atoms with van der Waals surface area (Å²) >= 11 is 0. The van der Waals surface area contributed by atoms with Crippen molar-refractivity contribution in [1.82, 2.24) is 0 Å². The minimum Gasteiger partial charge on any atom is -0.468 e. The molecule has 0 heterocycles. The van der Waals surface area contributed by atoms with Crippen LogP contribution < -0.4 is 4.31 Å². The summed E-state index contributed by atoms with van der Waals surface area (Å²) in [6.07, 6.45) is 0. The smallest absolute Gasteiger partial charge is 0.326 e. The summed E-state index contributed by atoms with van der Waals surface area (Å²) < 4.78 is 57.6. The number of aryl methyl sites for hydroxylation is 1. The number of nitro groups is 1. The summed E-state index contributed by atoms with van der Waals surface area (Å²) in [7, 11) is -3.50. The zero-order valence-electron chi connectivity index (χ0n) is 14.2. The molecule has 27 heavy (non-hydrogen) atoms.